The normalized spacial score (nSPS) is 17.9. The monoisotopic (exact) mass is 589 g/mol. The van der Waals surface area contributed by atoms with Crippen molar-refractivity contribution in [2.45, 2.75) is 63.6 Å². The van der Waals surface area contributed by atoms with Gasteiger partial charge in [0.15, 0.2) is 0 Å². The van der Waals surface area contributed by atoms with Crippen molar-refractivity contribution in [1.29, 1.82) is 0 Å². The van der Waals surface area contributed by atoms with Crippen molar-refractivity contribution < 1.29 is 23.1 Å². The summed E-state index contributed by atoms with van der Waals surface area (Å²) in [6.45, 7) is 6.65. The Morgan fingerprint density at radius 3 is 2.82 bits per heavy atom. The number of pyridine rings is 1. The van der Waals surface area contributed by atoms with Gasteiger partial charge in [0.25, 0.3) is 0 Å². The van der Waals surface area contributed by atoms with Gasteiger partial charge in [-0.05, 0) is 61.2 Å². The van der Waals surface area contributed by atoms with Gasteiger partial charge in [-0.3, -0.25) is 4.79 Å². The van der Waals surface area contributed by atoms with Crippen molar-refractivity contribution >= 4 is 50.0 Å². The number of aromatic nitrogens is 4. The van der Waals surface area contributed by atoms with E-state index in [4.69, 9.17) is 16.3 Å². The summed E-state index contributed by atoms with van der Waals surface area (Å²) in [5, 5.41) is 18.3. The number of hydrogen-bond donors (Lipinski definition) is 1. The zero-order chi connectivity index (χ0) is 27.9. The molecular formula is C26H28ClN5O5S2. The summed E-state index contributed by atoms with van der Waals surface area (Å²) in [6.07, 6.45) is 1.56. The summed E-state index contributed by atoms with van der Waals surface area (Å²) >= 11 is 7.94. The Kier molecular flexibility index (Phi) is 7.64. The third-order valence-electron chi connectivity index (χ3n) is 7.00. The molecule has 0 saturated heterocycles. The SMILES string of the molecule is CC[C@@H]1CN(Cc2cc([C@@H](CC(=O)O)c3ccc4c(nnn4CC)c3C)sc2Cl)S(=O)(=O)c2cccnc2O1. The van der Waals surface area contributed by atoms with E-state index in [1.54, 1.807) is 10.7 Å². The van der Waals surface area contributed by atoms with Crippen LogP contribution in [0.3, 0.4) is 0 Å². The van der Waals surface area contributed by atoms with E-state index in [1.807, 2.05) is 39.0 Å². The van der Waals surface area contributed by atoms with Crippen LogP contribution in [-0.4, -0.2) is 56.4 Å². The van der Waals surface area contributed by atoms with Crippen LogP contribution in [0.4, 0.5) is 0 Å². The van der Waals surface area contributed by atoms with E-state index in [9.17, 15) is 18.3 Å². The Hall–Kier alpha value is -3.06. The van der Waals surface area contributed by atoms with Crippen LogP contribution in [0.1, 0.15) is 54.2 Å². The lowest BCUT2D eigenvalue weighted by Gasteiger charge is -2.22. The molecule has 2 atom stereocenters. The maximum absolute atomic E-state index is 13.6. The van der Waals surface area contributed by atoms with Gasteiger partial charge in [-0.25, -0.2) is 18.1 Å². The second-order valence-corrected chi connectivity index (χ2v) is 13.0. The fourth-order valence-electron chi connectivity index (χ4n) is 4.91. The molecule has 10 nitrogen and oxygen atoms in total. The van der Waals surface area contributed by atoms with Gasteiger partial charge in [-0.15, -0.1) is 16.4 Å². The van der Waals surface area contributed by atoms with Crippen molar-refractivity contribution in [3.8, 4) is 5.88 Å². The highest BCUT2D eigenvalue weighted by Gasteiger charge is 2.36. The fourth-order valence-corrected chi connectivity index (χ4v) is 7.83. The van der Waals surface area contributed by atoms with E-state index >= 15 is 0 Å². The number of benzene rings is 1. The van der Waals surface area contributed by atoms with Gasteiger partial charge in [-0.1, -0.05) is 29.8 Å². The third-order valence-corrected chi connectivity index (χ3v) is 10.4. The smallest absolute Gasteiger partial charge is 0.304 e. The highest BCUT2D eigenvalue weighted by atomic mass is 35.5. The molecule has 1 N–H and O–H groups in total. The van der Waals surface area contributed by atoms with Crippen LogP contribution in [0.25, 0.3) is 11.0 Å². The van der Waals surface area contributed by atoms with Crippen LogP contribution in [-0.2, 0) is 27.9 Å². The van der Waals surface area contributed by atoms with Gasteiger partial charge in [0, 0.05) is 30.1 Å². The van der Waals surface area contributed by atoms with Crippen LogP contribution in [0.5, 0.6) is 5.88 Å². The summed E-state index contributed by atoms with van der Waals surface area (Å²) in [7, 11) is -3.91. The van der Waals surface area contributed by atoms with Crippen molar-refractivity contribution in [3.63, 3.8) is 0 Å². The predicted molar refractivity (Wildman–Crippen MR) is 148 cm³/mol. The number of hydrogen-bond acceptors (Lipinski definition) is 8. The summed E-state index contributed by atoms with van der Waals surface area (Å²) < 4.78 is 36.6. The van der Waals surface area contributed by atoms with E-state index in [1.165, 1.54) is 27.9 Å². The average molecular weight is 590 g/mol. The zero-order valence-corrected chi connectivity index (χ0v) is 24.1. The van der Waals surface area contributed by atoms with Crippen LogP contribution in [0, 0.1) is 6.92 Å². The third kappa shape index (κ3) is 5.13. The van der Waals surface area contributed by atoms with Gasteiger partial charge in [-0.2, -0.15) is 4.31 Å². The van der Waals surface area contributed by atoms with Crippen molar-refractivity contribution in [1.82, 2.24) is 24.3 Å². The average Bonchev–Trinajstić information content (AvgIpc) is 3.47. The molecule has 0 radical (unpaired) electrons. The van der Waals surface area contributed by atoms with E-state index in [-0.39, 0.29) is 36.4 Å². The van der Waals surface area contributed by atoms with Gasteiger partial charge in [0.1, 0.15) is 16.5 Å². The number of aliphatic carboxylic acids is 1. The Balaban J connectivity index is 1.53. The van der Waals surface area contributed by atoms with Crippen LogP contribution in [0.2, 0.25) is 4.34 Å². The number of rotatable bonds is 8. The molecule has 13 heteroatoms. The topological polar surface area (TPSA) is 128 Å². The highest BCUT2D eigenvalue weighted by molar-refractivity contribution is 7.89. The first-order valence-corrected chi connectivity index (χ1v) is 15.2. The first kappa shape index (κ1) is 27.5. The predicted octanol–water partition coefficient (Wildman–Crippen LogP) is 4.84. The molecule has 0 spiro atoms. The van der Waals surface area contributed by atoms with Gasteiger partial charge in [0.2, 0.25) is 15.9 Å². The quantitative estimate of drug-likeness (QED) is 0.309. The second kappa shape index (κ2) is 10.8. The maximum Gasteiger partial charge on any atom is 0.304 e. The van der Waals surface area contributed by atoms with E-state index in [0.29, 0.717) is 22.9 Å². The number of ether oxygens (including phenoxy) is 1. The minimum atomic E-state index is -3.91. The molecular weight excluding hydrogens is 562 g/mol. The van der Waals surface area contributed by atoms with Crippen molar-refractivity contribution in [2.75, 3.05) is 6.54 Å². The number of sulfonamides is 1. The molecule has 0 saturated carbocycles. The van der Waals surface area contributed by atoms with Gasteiger partial charge >= 0.3 is 5.97 Å². The summed E-state index contributed by atoms with van der Waals surface area (Å²) in [5.74, 6) is -1.35. The number of carbonyl (C=O) groups is 1. The molecule has 0 unspecified atom stereocenters. The molecule has 0 bridgehead atoms. The molecule has 0 fully saturated rings. The number of aryl methyl sites for hydroxylation is 2. The molecule has 1 aromatic carbocycles. The highest BCUT2D eigenvalue weighted by Crippen LogP contribution is 2.41. The van der Waals surface area contributed by atoms with Gasteiger partial charge in [0.05, 0.1) is 22.8 Å². The number of halogens is 1. The molecule has 1 aliphatic rings. The number of carboxylic acid groups (broad SMARTS) is 1. The maximum atomic E-state index is 13.6. The number of fused-ring (bicyclic) bond motifs is 2. The standard InChI is InChI=1S/C26H28ClN5O5S2/c1-4-17-14-31(39(35,36)22-7-6-10-28-26(22)37-17)13-16-11-21(38-25(16)27)19(12-23(33)34)18-8-9-20-24(15(18)3)29-30-32(20)5-2/h6-11,17,19H,4-5,12-14H2,1-3H3,(H,33,34)/t17-,19+/m1/s1. The van der Waals surface area contributed by atoms with Crippen molar-refractivity contribution in [3.05, 3.63) is 62.4 Å². The summed E-state index contributed by atoms with van der Waals surface area (Å²) in [5.41, 5.74) is 3.88. The summed E-state index contributed by atoms with van der Waals surface area (Å²) in [6, 6.07) is 8.70. The molecule has 5 rings (SSSR count). The lowest BCUT2D eigenvalue weighted by molar-refractivity contribution is -0.137. The zero-order valence-electron chi connectivity index (χ0n) is 21.7. The minimum absolute atomic E-state index is 0.0142. The molecule has 0 aliphatic carbocycles. The van der Waals surface area contributed by atoms with Crippen molar-refractivity contribution in [2.24, 2.45) is 0 Å². The van der Waals surface area contributed by atoms with Gasteiger partial charge < -0.3 is 9.84 Å². The largest absolute Gasteiger partial charge is 0.481 e. The Bertz CT molecular complexity index is 1650. The molecule has 1 aliphatic heterocycles. The first-order valence-electron chi connectivity index (χ1n) is 12.6. The molecule has 206 valence electrons. The van der Waals surface area contributed by atoms with E-state index in [2.05, 4.69) is 15.3 Å². The van der Waals surface area contributed by atoms with Crippen LogP contribution in [0.15, 0.2) is 41.4 Å². The lowest BCUT2D eigenvalue weighted by Crippen LogP contribution is -2.36. The molecule has 3 aromatic heterocycles. The van der Waals surface area contributed by atoms with E-state index < -0.39 is 21.9 Å². The molecule has 39 heavy (non-hydrogen) atoms. The number of nitrogens with zero attached hydrogens (tertiary/aromatic N) is 5. The second-order valence-electron chi connectivity index (χ2n) is 9.40. The number of carboxylic acids is 1. The molecule has 4 aromatic rings. The van der Waals surface area contributed by atoms with E-state index in [0.717, 1.165) is 27.0 Å². The van der Waals surface area contributed by atoms with Crippen LogP contribution >= 0.6 is 22.9 Å². The Labute approximate surface area is 235 Å². The minimum Gasteiger partial charge on any atom is -0.481 e. The molecule has 0 amide bonds. The number of thiophene rings is 1. The van der Waals surface area contributed by atoms with Crippen LogP contribution < -0.4 is 4.74 Å². The Morgan fingerprint density at radius 1 is 1.31 bits per heavy atom. The summed E-state index contributed by atoms with van der Waals surface area (Å²) in [4.78, 5) is 16.8. The fraction of sp³-hybridized carbons (Fsp3) is 0.385. The first-order chi connectivity index (χ1) is 18.6. The Morgan fingerprint density at radius 2 is 2.10 bits per heavy atom. The lowest BCUT2D eigenvalue weighted by atomic mass is 9.89. The molecule has 4 heterocycles.